The van der Waals surface area contributed by atoms with Crippen LogP contribution in [0, 0.1) is 5.92 Å². The lowest BCUT2D eigenvalue weighted by atomic mass is 10.00. The quantitative estimate of drug-likeness (QED) is 0.866. The van der Waals surface area contributed by atoms with E-state index in [-0.39, 0.29) is 5.91 Å². The van der Waals surface area contributed by atoms with E-state index in [1.54, 1.807) is 13.3 Å². The molecule has 1 unspecified atom stereocenters. The van der Waals surface area contributed by atoms with Crippen molar-refractivity contribution < 1.29 is 9.53 Å². The lowest BCUT2D eigenvalue weighted by molar-refractivity contribution is 0.0953. The average molecular weight is 353 g/mol. The van der Waals surface area contributed by atoms with Gasteiger partial charge in [-0.3, -0.25) is 9.78 Å². The van der Waals surface area contributed by atoms with Crippen molar-refractivity contribution in [3.8, 4) is 5.75 Å². The fourth-order valence-corrected chi connectivity index (χ4v) is 3.47. The van der Waals surface area contributed by atoms with Crippen molar-refractivity contribution in [1.82, 2.24) is 10.3 Å². The van der Waals surface area contributed by atoms with Gasteiger partial charge in [0, 0.05) is 25.8 Å². The number of pyridine rings is 1. The molecule has 26 heavy (non-hydrogen) atoms. The molecule has 0 radical (unpaired) electrons. The summed E-state index contributed by atoms with van der Waals surface area (Å²) in [7, 11) is 1.66. The van der Waals surface area contributed by atoms with Crippen LogP contribution < -0.4 is 15.0 Å². The van der Waals surface area contributed by atoms with Gasteiger partial charge >= 0.3 is 0 Å². The number of anilines is 1. The first kappa shape index (κ1) is 18.2. The van der Waals surface area contributed by atoms with Crippen LogP contribution in [0.4, 0.5) is 5.69 Å². The molecule has 1 aliphatic rings. The van der Waals surface area contributed by atoms with E-state index in [9.17, 15) is 4.79 Å². The monoisotopic (exact) mass is 353 g/mol. The molecule has 1 aromatic heterocycles. The van der Waals surface area contributed by atoms with Crippen molar-refractivity contribution in [2.45, 2.75) is 26.2 Å². The number of hydrogen-bond acceptors (Lipinski definition) is 4. The number of amides is 1. The number of carbonyl (C=O) groups is 1. The minimum Gasteiger partial charge on any atom is -0.496 e. The summed E-state index contributed by atoms with van der Waals surface area (Å²) in [5.41, 5.74) is 2.74. The first-order valence-corrected chi connectivity index (χ1v) is 9.27. The van der Waals surface area contributed by atoms with Crippen LogP contribution in [0.2, 0.25) is 0 Å². The molecule has 0 saturated carbocycles. The highest BCUT2D eigenvalue weighted by Crippen LogP contribution is 2.23. The minimum atomic E-state index is -0.0840. The van der Waals surface area contributed by atoms with Gasteiger partial charge in [0.2, 0.25) is 0 Å². The standard InChI is InChI=1S/C21H27N3O2/c1-16-6-5-11-24(15-16)19-12-18(13-22-14-19)21(25)23-10-9-17-7-3-4-8-20(17)26-2/h3-4,7-8,12-14,16H,5-6,9-11,15H2,1-2H3,(H,23,25). The van der Waals surface area contributed by atoms with E-state index in [2.05, 4.69) is 22.1 Å². The molecule has 2 aromatic rings. The van der Waals surface area contributed by atoms with Gasteiger partial charge < -0.3 is 15.0 Å². The van der Waals surface area contributed by atoms with Crippen LogP contribution in [0.1, 0.15) is 35.7 Å². The van der Waals surface area contributed by atoms with E-state index in [1.165, 1.54) is 12.8 Å². The minimum absolute atomic E-state index is 0.0840. The van der Waals surface area contributed by atoms with Gasteiger partial charge in [-0.2, -0.15) is 0 Å². The zero-order chi connectivity index (χ0) is 18.4. The summed E-state index contributed by atoms with van der Waals surface area (Å²) in [4.78, 5) is 19.1. The molecule has 1 fully saturated rings. The Bertz CT molecular complexity index is 748. The summed E-state index contributed by atoms with van der Waals surface area (Å²) >= 11 is 0. The Morgan fingerprint density at radius 1 is 1.35 bits per heavy atom. The zero-order valence-corrected chi connectivity index (χ0v) is 15.6. The third-order valence-corrected chi connectivity index (χ3v) is 4.88. The van der Waals surface area contributed by atoms with Crippen molar-refractivity contribution in [3.63, 3.8) is 0 Å². The first-order valence-electron chi connectivity index (χ1n) is 9.27. The first-order chi connectivity index (χ1) is 12.7. The molecule has 0 aliphatic carbocycles. The normalized spacial score (nSPS) is 17.0. The van der Waals surface area contributed by atoms with E-state index in [4.69, 9.17) is 4.74 Å². The summed E-state index contributed by atoms with van der Waals surface area (Å²) in [5.74, 6) is 1.45. The predicted molar refractivity (Wildman–Crippen MR) is 104 cm³/mol. The fraction of sp³-hybridized carbons (Fsp3) is 0.429. The number of aromatic nitrogens is 1. The summed E-state index contributed by atoms with van der Waals surface area (Å²) in [5, 5.41) is 2.98. The second-order valence-corrected chi connectivity index (χ2v) is 6.94. The SMILES string of the molecule is COc1ccccc1CCNC(=O)c1cncc(N2CCCC(C)C2)c1. The average Bonchev–Trinajstić information content (AvgIpc) is 2.68. The molecule has 1 aromatic carbocycles. The lowest BCUT2D eigenvalue weighted by Crippen LogP contribution is -2.34. The number of nitrogens with one attached hydrogen (secondary N) is 1. The highest BCUT2D eigenvalue weighted by molar-refractivity contribution is 5.94. The van der Waals surface area contributed by atoms with Gasteiger partial charge in [-0.05, 0) is 42.9 Å². The van der Waals surface area contributed by atoms with Crippen LogP contribution in [0.15, 0.2) is 42.7 Å². The van der Waals surface area contributed by atoms with Crippen LogP contribution in [0.5, 0.6) is 5.75 Å². The molecule has 1 aliphatic heterocycles. The smallest absolute Gasteiger partial charge is 0.252 e. The summed E-state index contributed by atoms with van der Waals surface area (Å²) < 4.78 is 5.35. The molecule has 1 N–H and O–H groups in total. The highest BCUT2D eigenvalue weighted by Gasteiger charge is 2.18. The van der Waals surface area contributed by atoms with Crippen LogP contribution >= 0.6 is 0 Å². The van der Waals surface area contributed by atoms with Crippen molar-refractivity contribution in [2.24, 2.45) is 5.92 Å². The van der Waals surface area contributed by atoms with Gasteiger partial charge in [-0.15, -0.1) is 0 Å². The Morgan fingerprint density at radius 3 is 3.00 bits per heavy atom. The Kier molecular flexibility index (Phi) is 6.10. The fourth-order valence-electron chi connectivity index (χ4n) is 3.47. The summed E-state index contributed by atoms with van der Waals surface area (Å²) in [6.45, 7) is 4.89. The number of para-hydroxylation sites is 1. The molecule has 1 atom stereocenters. The van der Waals surface area contributed by atoms with E-state index >= 15 is 0 Å². The molecular weight excluding hydrogens is 326 g/mol. The molecule has 2 heterocycles. The number of ether oxygens (including phenoxy) is 1. The Labute approximate surface area is 155 Å². The summed E-state index contributed by atoms with van der Waals surface area (Å²) in [6.07, 6.45) is 6.68. The topological polar surface area (TPSA) is 54.5 Å². The molecular formula is C21H27N3O2. The van der Waals surface area contributed by atoms with Gasteiger partial charge in [0.25, 0.3) is 5.91 Å². The molecule has 3 rings (SSSR count). The lowest BCUT2D eigenvalue weighted by Gasteiger charge is -2.32. The molecule has 1 amide bonds. The van der Waals surface area contributed by atoms with E-state index in [0.717, 1.165) is 36.5 Å². The maximum absolute atomic E-state index is 12.5. The van der Waals surface area contributed by atoms with Gasteiger partial charge in [0.05, 0.1) is 24.6 Å². The van der Waals surface area contributed by atoms with Crippen LogP contribution in [0.25, 0.3) is 0 Å². The third-order valence-electron chi connectivity index (χ3n) is 4.88. The Hall–Kier alpha value is -2.56. The van der Waals surface area contributed by atoms with Crippen molar-refractivity contribution in [2.75, 3.05) is 31.6 Å². The molecule has 1 saturated heterocycles. The number of rotatable bonds is 6. The molecule has 138 valence electrons. The number of benzene rings is 1. The van der Waals surface area contributed by atoms with Crippen LogP contribution in [-0.4, -0.2) is 37.6 Å². The van der Waals surface area contributed by atoms with E-state index < -0.39 is 0 Å². The number of methoxy groups -OCH3 is 1. The van der Waals surface area contributed by atoms with Gasteiger partial charge in [-0.25, -0.2) is 0 Å². The van der Waals surface area contributed by atoms with E-state index in [0.29, 0.717) is 18.0 Å². The predicted octanol–water partition coefficient (Wildman–Crippen LogP) is 3.30. The molecule has 0 bridgehead atoms. The molecule has 5 nitrogen and oxygen atoms in total. The maximum atomic E-state index is 12.5. The van der Waals surface area contributed by atoms with Gasteiger partial charge in [0.1, 0.15) is 5.75 Å². The maximum Gasteiger partial charge on any atom is 0.252 e. The Balaban J connectivity index is 1.58. The van der Waals surface area contributed by atoms with E-state index in [1.807, 2.05) is 36.5 Å². The van der Waals surface area contributed by atoms with Crippen molar-refractivity contribution in [1.29, 1.82) is 0 Å². The highest BCUT2D eigenvalue weighted by atomic mass is 16.5. The van der Waals surface area contributed by atoms with Gasteiger partial charge in [-0.1, -0.05) is 25.1 Å². The third kappa shape index (κ3) is 4.54. The second kappa shape index (κ2) is 8.70. The zero-order valence-electron chi connectivity index (χ0n) is 15.6. The number of nitrogens with zero attached hydrogens (tertiary/aromatic N) is 2. The molecule has 5 heteroatoms. The largest absolute Gasteiger partial charge is 0.496 e. The van der Waals surface area contributed by atoms with Gasteiger partial charge in [0.15, 0.2) is 0 Å². The van der Waals surface area contributed by atoms with Crippen molar-refractivity contribution in [3.05, 3.63) is 53.9 Å². The summed E-state index contributed by atoms with van der Waals surface area (Å²) in [6, 6.07) is 9.82. The Morgan fingerprint density at radius 2 is 2.19 bits per heavy atom. The van der Waals surface area contributed by atoms with Crippen LogP contribution in [0.3, 0.4) is 0 Å². The second-order valence-electron chi connectivity index (χ2n) is 6.94. The number of hydrogen-bond donors (Lipinski definition) is 1. The van der Waals surface area contributed by atoms with Crippen LogP contribution in [-0.2, 0) is 6.42 Å². The molecule has 0 spiro atoms. The van der Waals surface area contributed by atoms with Crippen molar-refractivity contribution >= 4 is 11.6 Å². The number of carbonyl (C=O) groups excluding carboxylic acids is 1. The number of piperidine rings is 1.